The summed E-state index contributed by atoms with van der Waals surface area (Å²) >= 11 is 0. The Morgan fingerprint density at radius 2 is 0.712 bits per heavy atom. The number of pyridine rings is 2. The van der Waals surface area contributed by atoms with Crippen LogP contribution in [0.1, 0.15) is 0 Å². The summed E-state index contributed by atoms with van der Waals surface area (Å²) in [6, 6.07) is 70.9. The van der Waals surface area contributed by atoms with Crippen LogP contribution in [0.25, 0.3) is 89.1 Å². The molecule has 0 atom stereocenters. The number of fused-ring (bicyclic) bond motifs is 1. The fourth-order valence-electron chi connectivity index (χ4n) is 7.00. The van der Waals surface area contributed by atoms with Gasteiger partial charge in [-0.15, -0.1) is 0 Å². The molecule has 0 spiro atoms. The van der Waals surface area contributed by atoms with Crippen molar-refractivity contribution < 1.29 is 0 Å². The van der Waals surface area contributed by atoms with Crippen LogP contribution in [-0.2, 0) is 0 Å². The van der Waals surface area contributed by atoms with Gasteiger partial charge in [0.25, 0.3) is 0 Å². The molecule has 2 heteroatoms. The molecule has 0 bridgehead atoms. The Morgan fingerprint density at radius 3 is 1.25 bits per heavy atom. The van der Waals surface area contributed by atoms with Gasteiger partial charge in [-0.25, -0.2) is 4.98 Å². The van der Waals surface area contributed by atoms with Gasteiger partial charge in [-0.2, -0.15) is 0 Å². The summed E-state index contributed by atoms with van der Waals surface area (Å²) in [7, 11) is 0. The Bertz CT molecular complexity index is 2660. The number of hydrogen-bond acceptors (Lipinski definition) is 2. The van der Waals surface area contributed by atoms with Crippen LogP contribution in [0.15, 0.2) is 206 Å². The maximum atomic E-state index is 5.27. The Hall–Kier alpha value is -6.90. The van der Waals surface area contributed by atoms with Crippen molar-refractivity contribution in [1.82, 2.24) is 9.97 Å². The molecule has 52 heavy (non-hydrogen) atoms. The molecule has 2 heterocycles. The minimum absolute atomic E-state index is 0.932. The Balaban J connectivity index is 1.04. The standard InChI is InChI=1S/C50H34N2/c1-3-13-35(14-4-1)37-18-9-19-38(29-37)39-20-10-21-40(30-39)41-22-11-23-42(31-41)43-24-12-25-45(32-43)49-33-44-17-7-8-26-47(44)50(52-49)46-27-28-48(51-34-46)36-15-5-2-6-16-36/h1-34H. The topological polar surface area (TPSA) is 25.8 Å². The lowest BCUT2D eigenvalue weighted by Crippen LogP contribution is -1.93. The Labute approximate surface area is 304 Å². The molecular formula is C50H34N2. The average molecular weight is 663 g/mol. The molecule has 0 aliphatic heterocycles. The van der Waals surface area contributed by atoms with E-state index in [1.807, 2.05) is 24.4 Å². The molecule has 7 aromatic carbocycles. The third-order valence-corrected chi connectivity index (χ3v) is 9.70. The van der Waals surface area contributed by atoms with Crippen molar-refractivity contribution in [3.63, 3.8) is 0 Å². The van der Waals surface area contributed by atoms with Gasteiger partial charge in [-0.05, 0) is 92.4 Å². The summed E-state index contributed by atoms with van der Waals surface area (Å²) in [5.74, 6) is 0. The first-order valence-corrected chi connectivity index (χ1v) is 17.6. The van der Waals surface area contributed by atoms with Crippen molar-refractivity contribution in [3.8, 4) is 78.3 Å². The molecule has 0 unspecified atom stereocenters. The third-order valence-electron chi connectivity index (χ3n) is 9.70. The van der Waals surface area contributed by atoms with Crippen molar-refractivity contribution in [1.29, 1.82) is 0 Å². The number of rotatable bonds is 7. The molecule has 2 aromatic heterocycles. The first-order chi connectivity index (χ1) is 25.7. The SMILES string of the molecule is c1ccc(-c2cccc(-c3cccc(-c4cccc(-c5cccc(-c6cc7ccccc7c(-c7ccc(-c8ccccc8)nc7)n6)c5)c4)c3)c2)cc1. The van der Waals surface area contributed by atoms with Gasteiger partial charge in [0.05, 0.1) is 17.1 Å². The molecule has 0 saturated carbocycles. The van der Waals surface area contributed by atoms with Crippen molar-refractivity contribution in [3.05, 3.63) is 206 Å². The quantitative estimate of drug-likeness (QED) is 0.170. The van der Waals surface area contributed by atoms with Crippen LogP contribution in [-0.4, -0.2) is 9.97 Å². The van der Waals surface area contributed by atoms with E-state index < -0.39 is 0 Å². The molecule has 244 valence electrons. The fraction of sp³-hybridized carbons (Fsp3) is 0. The van der Waals surface area contributed by atoms with E-state index in [9.17, 15) is 0 Å². The molecule has 0 aliphatic carbocycles. The first kappa shape index (κ1) is 31.1. The summed E-state index contributed by atoms with van der Waals surface area (Å²) in [4.78, 5) is 10.1. The molecule has 9 aromatic rings. The summed E-state index contributed by atoms with van der Waals surface area (Å²) < 4.78 is 0. The molecule has 0 saturated heterocycles. The van der Waals surface area contributed by atoms with Gasteiger partial charge in [-0.3, -0.25) is 4.98 Å². The van der Waals surface area contributed by atoms with E-state index in [0.29, 0.717) is 0 Å². The van der Waals surface area contributed by atoms with Gasteiger partial charge in [0.2, 0.25) is 0 Å². The van der Waals surface area contributed by atoms with Gasteiger partial charge in [-0.1, -0.05) is 158 Å². The van der Waals surface area contributed by atoms with E-state index in [-0.39, 0.29) is 0 Å². The number of benzene rings is 7. The van der Waals surface area contributed by atoms with Crippen molar-refractivity contribution >= 4 is 10.8 Å². The molecule has 0 N–H and O–H groups in total. The van der Waals surface area contributed by atoms with Gasteiger partial charge in [0.15, 0.2) is 0 Å². The molecule has 9 rings (SSSR count). The highest BCUT2D eigenvalue weighted by atomic mass is 14.7. The largest absolute Gasteiger partial charge is 0.256 e. The monoisotopic (exact) mass is 662 g/mol. The van der Waals surface area contributed by atoms with Crippen molar-refractivity contribution in [2.75, 3.05) is 0 Å². The minimum atomic E-state index is 0.932. The number of nitrogens with zero attached hydrogens (tertiary/aromatic N) is 2. The van der Waals surface area contributed by atoms with Crippen LogP contribution >= 0.6 is 0 Å². The second kappa shape index (κ2) is 13.8. The molecule has 0 aliphatic rings. The second-order valence-electron chi connectivity index (χ2n) is 13.1. The van der Waals surface area contributed by atoms with Gasteiger partial charge in [0, 0.05) is 28.3 Å². The van der Waals surface area contributed by atoms with Crippen LogP contribution in [0.3, 0.4) is 0 Å². The predicted octanol–water partition coefficient (Wildman–Crippen LogP) is 13.3. The number of aromatic nitrogens is 2. The van der Waals surface area contributed by atoms with E-state index in [1.54, 1.807) is 0 Å². The van der Waals surface area contributed by atoms with Crippen LogP contribution in [0.5, 0.6) is 0 Å². The zero-order valence-corrected chi connectivity index (χ0v) is 28.5. The van der Waals surface area contributed by atoms with E-state index in [0.717, 1.165) is 55.7 Å². The molecule has 2 nitrogen and oxygen atoms in total. The van der Waals surface area contributed by atoms with E-state index in [4.69, 9.17) is 9.97 Å². The maximum Gasteiger partial charge on any atom is 0.0803 e. The second-order valence-corrected chi connectivity index (χ2v) is 13.1. The molecular weight excluding hydrogens is 629 g/mol. The Morgan fingerprint density at radius 1 is 0.269 bits per heavy atom. The summed E-state index contributed by atoms with van der Waals surface area (Å²) in [6.07, 6.45) is 1.94. The highest BCUT2D eigenvalue weighted by Crippen LogP contribution is 2.35. The number of hydrogen-bond donors (Lipinski definition) is 0. The highest BCUT2D eigenvalue weighted by Gasteiger charge is 2.13. The van der Waals surface area contributed by atoms with Gasteiger partial charge >= 0.3 is 0 Å². The smallest absolute Gasteiger partial charge is 0.0803 e. The molecule has 0 radical (unpaired) electrons. The summed E-state index contributed by atoms with van der Waals surface area (Å²) in [5, 5.41) is 2.26. The normalized spacial score (nSPS) is 11.1. The van der Waals surface area contributed by atoms with E-state index in [2.05, 4.69) is 182 Å². The first-order valence-electron chi connectivity index (χ1n) is 17.6. The van der Waals surface area contributed by atoms with Crippen LogP contribution < -0.4 is 0 Å². The zero-order valence-electron chi connectivity index (χ0n) is 28.5. The molecule has 0 fully saturated rings. The molecule has 0 amide bonds. The van der Waals surface area contributed by atoms with Gasteiger partial charge in [0.1, 0.15) is 0 Å². The van der Waals surface area contributed by atoms with E-state index >= 15 is 0 Å². The Kier molecular flexibility index (Phi) is 8.24. The van der Waals surface area contributed by atoms with Gasteiger partial charge < -0.3 is 0 Å². The summed E-state index contributed by atoms with van der Waals surface area (Å²) in [5.41, 5.74) is 15.5. The summed E-state index contributed by atoms with van der Waals surface area (Å²) in [6.45, 7) is 0. The maximum absolute atomic E-state index is 5.27. The highest BCUT2D eigenvalue weighted by molar-refractivity contribution is 5.97. The van der Waals surface area contributed by atoms with Crippen LogP contribution in [0, 0.1) is 0 Å². The average Bonchev–Trinajstić information content (AvgIpc) is 3.24. The van der Waals surface area contributed by atoms with Crippen molar-refractivity contribution in [2.24, 2.45) is 0 Å². The fourth-order valence-corrected chi connectivity index (χ4v) is 7.00. The lowest BCUT2D eigenvalue weighted by atomic mass is 9.94. The predicted molar refractivity (Wildman–Crippen MR) is 218 cm³/mol. The lowest BCUT2D eigenvalue weighted by molar-refractivity contribution is 1.29. The third kappa shape index (κ3) is 6.30. The lowest BCUT2D eigenvalue weighted by Gasteiger charge is -2.12. The van der Waals surface area contributed by atoms with Crippen molar-refractivity contribution in [2.45, 2.75) is 0 Å². The minimum Gasteiger partial charge on any atom is -0.256 e. The van der Waals surface area contributed by atoms with Crippen LogP contribution in [0.2, 0.25) is 0 Å². The zero-order chi connectivity index (χ0) is 34.7. The van der Waals surface area contributed by atoms with E-state index in [1.165, 1.54) is 33.4 Å². The van der Waals surface area contributed by atoms with Crippen LogP contribution in [0.4, 0.5) is 0 Å².